The van der Waals surface area contributed by atoms with Crippen LogP contribution in [0.2, 0.25) is 5.02 Å². The Labute approximate surface area is 186 Å². The van der Waals surface area contributed by atoms with E-state index in [1.54, 1.807) is 6.07 Å². The van der Waals surface area contributed by atoms with E-state index in [0.29, 0.717) is 29.8 Å². The van der Waals surface area contributed by atoms with Crippen molar-refractivity contribution in [1.29, 1.82) is 0 Å². The highest BCUT2D eigenvalue weighted by molar-refractivity contribution is 6.33. The number of anilines is 1. The maximum atomic E-state index is 13.4. The number of carboxylic acids is 1. The van der Waals surface area contributed by atoms with Crippen molar-refractivity contribution in [2.24, 2.45) is 5.41 Å². The molecule has 1 aliphatic heterocycles. The molecule has 1 atom stereocenters. The third kappa shape index (κ3) is 3.90. The molecule has 2 aromatic carbocycles. The third-order valence-corrected chi connectivity index (χ3v) is 6.39. The quantitative estimate of drug-likeness (QED) is 0.686. The molecule has 4 rings (SSSR count). The summed E-state index contributed by atoms with van der Waals surface area (Å²) in [7, 11) is 0. The van der Waals surface area contributed by atoms with Crippen LogP contribution in [0.15, 0.2) is 53.7 Å². The van der Waals surface area contributed by atoms with Gasteiger partial charge in [-0.15, -0.1) is 0 Å². The van der Waals surface area contributed by atoms with E-state index in [0.717, 1.165) is 11.1 Å². The zero-order valence-electron chi connectivity index (χ0n) is 17.7. The second-order valence-corrected chi connectivity index (χ2v) is 9.57. The first-order valence-corrected chi connectivity index (χ1v) is 10.6. The number of allylic oxidation sites excluding steroid dienone is 2. The van der Waals surface area contributed by atoms with Crippen molar-refractivity contribution in [3.63, 3.8) is 0 Å². The second kappa shape index (κ2) is 7.65. The Kier molecular flexibility index (Phi) is 5.26. The van der Waals surface area contributed by atoms with Gasteiger partial charge in [0, 0.05) is 35.7 Å². The molecule has 31 heavy (non-hydrogen) atoms. The van der Waals surface area contributed by atoms with E-state index in [2.05, 4.69) is 0 Å². The highest BCUT2D eigenvalue weighted by Gasteiger charge is 2.44. The lowest BCUT2D eigenvalue weighted by atomic mass is 9.69. The summed E-state index contributed by atoms with van der Waals surface area (Å²) < 4.78 is 0. The molecular formula is C25H24ClNO4. The van der Waals surface area contributed by atoms with Crippen molar-refractivity contribution in [3.8, 4) is 0 Å². The van der Waals surface area contributed by atoms with Crippen molar-refractivity contribution in [2.45, 2.75) is 46.0 Å². The molecule has 0 spiro atoms. The molecule has 1 amide bonds. The van der Waals surface area contributed by atoms with Crippen molar-refractivity contribution >= 4 is 34.9 Å². The molecule has 1 heterocycles. The molecule has 0 aromatic heterocycles. The molecular weight excluding hydrogens is 414 g/mol. The van der Waals surface area contributed by atoms with Gasteiger partial charge in [-0.1, -0.05) is 55.3 Å². The standard InChI is InChI=1S/C25H24ClNO4/c1-14-4-6-15(7-5-14)17-11-22(29)27(16-8-9-19(26)18(10-16)24(30)31)20-12-25(2,3)13-21(28)23(17)20/h4-10,17H,11-13H2,1-3H3,(H,30,31). The van der Waals surface area contributed by atoms with E-state index in [1.807, 2.05) is 45.0 Å². The van der Waals surface area contributed by atoms with Gasteiger partial charge in [-0.3, -0.25) is 14.5 Å². The Morgan fingerprint density at radius 3 is 2.42 bits per heavy atom. The monoisotopic (exact) mass is 437 g/mol. The zero-order valence-corrected chi connectivity index (χ0v) is 18.5. The number of rotatable bonds is 3. The third-order valence-electron chi connectivity index (χ3n) is 6.06. The van der Waals surface area contributed by atoms with Crippen molar-refractivity contribution in [3.05, 3.63) is 75.4 Å². The lowest BCUT2D eigenvalue weighted by molar-refractivity contribution is -0.121. The van der Waals surface area contributed by atoms with Gasteiger partial charge in [0.2, 0.25) is 5.91 Å². The molecule has 0 radical (unpaired) electrons. The SMILES string of the molecule is Cc1ccc(C2CC(=O)N(c3ccc(Cl)c(C(=O)O)c3)C3=C2C(=O)CC(C)(C)C3)cc1. The van der Waals surface area contributed by atoms with Crippen LogP contribution >= 0.6 is 11.6 Å². The van der Waals surface area contributed by atoms with Gasteiger partial charge in [-0.05, 0) is 42.5 Å². The smallest absolute Gasteiger partial charge is 0.337 e. The van der Waals surface area contributed by atoms with Crippen molar-refractivity contribution in [2.75, 3.05) is 4.90 Å². The number of hydrogen-bond acceptors (Lipinski definition) is 3. The number of amides is 1. The van der Waals surface area contributed by atoms with E-state index in [9.17, 15) is 19.5 Å². The summed E-state index contributed by atoms with van der Waals surface area (Å²) >= 11 is 6.04. The number of hydrogen-bond donors (Lipinski definition) is 1. The van der Waals surface area contributed by atoms with Gasteiger partial charge in [0.05, 0.1) is 10.6 Å². The molecule has 2 aliphatic rings. The molecule has 2 aromatic rings. The number of ketones is 1. The van der Waals surface area contributed by atoms with E-state index < -0.39 is 5.97 Å². The number of carboxylic acid groups (broad SMARTS) is 1. The van der Waals surface area contributed by atoms with Crippen LogP contribution in [0.4, 0.5) is 5.69 Å². The minimum atomic E-state index is -1.16. The molecule has 0 saturated carbocycles. The minimum Gasteiger partial charge on any atom is -0.478 e. The Hall–Kier alpha value is -2.92. The number of nitrogens with zero attached hydrogens (tertiary/aromatic N) is 1. The van der Waals surface area contributed by atoms with E-state index in [1.165, 1.54) is 17.0 Å². The van der Waals surface area contributed by atoms with Crippen LogP contribution in [0.25, 0.3) is 0 Å². The van der Waals surface area contributed by atoms with Gasteiger partial charge >= 0.3 is 5.97 Å². The normalized spacial score (nSPS) is 20.6. The maximum absolute atomic E-state index is 13.4. The number of benzene rings is 2. The summed E-state index contributed by atoms with van der Waals surface area (Å²) in [6, 6.07) is 12.5. The van der Waals surface area contributed by atoms with E-state index >= 15 is 0 Å². The summed E-state index contributed by atoms with van der Waals surface area (Å²) in [6.07, 6.45) is 1.11. The number of carbonyl (C=O) groups is 3. The van der Waals surface area contributed by atoms with E-state index in [-0.39, 0.29) is 40.0 Å². The van der Waals surface area contributed by atoms with Gasteiger partial charge < -0.3 is 5.11 Å². The predicted octanol–water partition coefficient (Wildman–Crippen LogP) is 5.51. The summed E-state index contributed by atoms with van der Waals surface area (Å²) in [5.41, 5.74) is 3.44. The summed E-state index contributed by atoms with van der Waals surface area (Å²) in [6.45, 7) is 6.02. The van der Waals surface area contributed by atoms with Crippen LogP contribution < -0.4 is 4.90 Å². The molecule has 1 unspecified atom stereocenters. The van der Waals surface area contributed by atoms with Gasteiger partial charge in [0.15, 0.2) is 5.78 Å². The second-order valence-electron chi connectivity index (χ2n) is 9.17. The van der Waals surface area contributed by atoms with E-state index in [4.69, 9.17) is 11.6 Å². The average molecular weight is 438 g/mol. The number of halogens is 1. The highest BCUT2D eigenvalue weighted by Crippen LogP contribution is 2.48. The molecule has 0 bridgehead atoms. The number of Topliss-reactive ketones (excluding diaryl/α,β-unsaturated/α-hetero) is 1. The van der Waals surface area contributed by atoms with Gasteiger partial charge in [0.1, 0.15) is 0 Å². The topological polar surface area (TPSA) is 74.7 Å². The molecule has 1 N–H and O–H groups in total. The fourth-order valence-corrected chi connectivity index (χ4v) is 4.81. The molecule has 0 saturated heterocycles. The summed E-state index contributed by atoms with van der Waals surface area (Å²) in [5.74, 6) is -1.58. The Morgan fingerprint density at radius 2 is 1.77 bits per heavy atom. The Balaban J connectivity index is 1.90. The van der Waals surface area contributed by atoms with Crippen LogP contribution in [-0.2, 0) is 9.59 Å². The van der Waals surface area contributed by atoms with Crippen LogP contribution in [-0.4, -0.2) is 22.8 Å². The van der Waals surface area contributed by atoms with Crippen molar-refractivity contribution in [1.82, 2.24) is 0 Å². The molecule has 1 aliphatic carbocycles. The number of aryl methyl sites for hydroxylation is 1. The Bertz CT molecular complexity index is 1130. The first-order chi connectivity index (χ1) is 14.6. The lowest BCUT2D eigenvalue weighted by Crippen LogP contribution is -2.43. The fraction of sp³-hybridized carbons (Fsp3) is 0.320. The van der Waals surface area contributed by atoms with Crippen LogP contribution in [0.3, 0.4) is 0 Å². The molecule has 6 heteroatoms. The largest absolute Gasteiger partial charge is 0.478 e. The van der Waals surface area contributed by atoms with Gasteiger partial charge in [-0.2, -0.15) is 0 Å². The number of carbonyl (C=O) groups excluding carboxylic acids is 2. The van der Waals surface area contributed by atoms with Crippen molar-refractivity contribution < 1.29 is 19.5 Å². The van der Waals surface area contributed by atoms with Crippen LogP contribution in [0.1, 0.15) is 60.5 Å². The zero-order chi connectivity index (χ0) is 22.5. The van der Waals surface area contributed by atoms with Crippen LogP contribution in [0.5, 0.6) is 0 Å². The highest BCUT2D eigenvalue weighted by atomic mass is 35.5. The maximum Gasteiger partial charge on any atom is 0.337 e. The summed E-state index contributed by atoms with van der Waals surface area (Å²) in [5, 5.41) is 9.58. The first-order valence-electron chi connectivity index (χ1n) is 10.3. The molecule has 0 fully saturated rings. The van der Waals surface area contributed by atoms with Gasteiger partial charge in [0.25, 0.3) is 0 Å². The molecule has 160 valence electrons. The summed E-state index contributed by atoms with van der Waals surface area (Å²) in [4.78, 5) is 39.8. The van der Waals surface area contributed by atoms with Crippen LogP contribution in [0, 0.1) is 12.3 Å². The van der Waals surface area contributed by atoms with Gasteiger partial charge in [-0.25, -0.2) is 4.79 Å². The fourth-order valence-electron chi connectivity index (χ4n) is 4.61. The average Bonchev–Trinajstić information content (AvgIpc) is 2.67. The number of aromatic carboxylic acids is 1. The lowest BCUT2D eigenvalue weighted by Gasteiger charge is -2.43. The molecule has 5 nitrogen and oxygen atoms in total. The Morgan fingerprint density at radius 1 is 1.10 bits per heavy atom. The predicted molar refractivity (Wildman–Crippen MR) is 119 cm³/mol. The first kappa shape index (κ1) is 21.3. The minimum absolute atomic E-state index is 0.0433.